The molecule has 0 atom stereocenters. The van der Waals surface area contributed by atoms with Crippen LogP contribution >= 0.6 is 24.0 Å². The second kappa shape index (κ2) is 5.45. The molecule has 0 aromatic carbocycles. The Morgan fingerprint density at radius 1 is 1.50 bits per heavy atom. The molecule has 0 unspecified atom stereocenters. The van der Waals surface area contributed by atoms with E-state index in [2.05, 4.69) is 35.4 Å². The van der Waals surface area contributed by atoms with Gasteiger partial charge in [0.1, 0.15) is 10.7 Å². The number of hydrogen-bond donors (Lipinski definition) is 2. The van der Waals surface area contributed by atoms with Crippen LogP contribution in [-0.4, -0.2) is 32.5 Å². The van der Waals surface area contributed by atoms with Crippen LogP contribution in [0.2, 0.25) is 0 Å². The van der Waals surface area contributed by atoms with Gasteiger partial charge in [0.05, 0.1) is 0 Å². The Morgan fingerprint density at radius 3 is 2.69 bits per heavy atom. The summed E-state index contributed by atoms with van der Waals surface area (Å²) in [5, 5.41) is 3.22. The molecule has 1 heterocycles. The van der Waals surface area contributed by atoms with Crippen LogP contribution in [0.3, 0.4) is 0 Å². The van der Waals surface area contributed by atoms with Crippen molar-refractivity contribution in [1.29, 1.82) is 0 Å². The molecule has 88 valence electrons. The second-order valence-corrected chi connectivity index (χ2v) is 5.89. The predicted molar refractivity (Wildman–Crippen MR) is 74.0 cm³/mol. The lowest BCUT2D eigenvalue weighted by Crippen LogP contribution is -2.27. The number of hydrogen-bond acceptors (Lipinski definition) is 5. The van der Waals surface area contributed by atoms with E-state index < -0.39 is 0 Å². The summed E-state index contributed by atoms with van der Waals surface area (Å²) in [7, 11) is 0. The Balaban J connectivity index is 2.78. The van der Waals surface area contributed by atoms with Gasteiger partial charge in [-0.1, -0.05) is 12.2 Å². The van der Waals surface area contributed by atoms with Gasteiger partial charge >= 0.3 is 0 Å². The molecule has 0 aliphatic carbocycles. The van der Waals surface area contributed by atoms with Crippen molar-refractivity contribution in [3.8, 4) is 0 Å². The van der Waals surface area contributed by atoms with E-state index in [0.29, 0.717) is 11.5 Å². The maximum absolute atomic E-state index is 5.57. The highest BCUT2D eigenvalue weighted by Crippen LogP contribution is 2.21. The SMILES string of the molecule is CSC(C)(C)CNc1nccnc1C(N)=S. The molecule has 0 radical (unpaired) electrons. The van der Waals surface area contributed by atoms with Crippen molar-refractivity contribution < 1.29 is 0 Å². The van der Waals surface area contributed by atoms with Crippen LogP contribution in [0.5, 0.6) is 0 Å². The van der Waals surface area contributed by atoms with Crippen molar-refractivity contribution in [2.45, 2.75) is 18.6 Å². The minimum Gasteiger partial charge on any atom is -0.388 e. The van der Waals surface area contributed by atoms with E-state index >= 15 is 0 Å². The molecule has 1 rings (SSSR count). The number of aromatic nitrogens is 2. The van der Waals surface area contributed by atoms with E-state index in [4.69, 9.17) is 18.0 Å². The summed E-state index contributed by atoms with van der Waals surface area (Å²) in [4.78, 5) is 8.56. The zero-order valence-corrected chi connectivity index (χ0v) is 11.3. The smallest absolute Gasteiger partial charge is 0.155 e. The highest BCUT2D eigenvalue weighted by atomic mass is 32.2. The molecule has 0 aliphatic rings. The molecule has 0 fully saturated rings. The number of nitrogens with one attached hydrogen (secondary N) is 1. The van der Waals surface area contributed by atoms with Crippen LogP contribution in [-0.2, 0) is 0 Å². The van der Waals surface area contributed by atoms with Crippen LogP contribution in [0.4, 0.5) is 5.82 Å². The first-order valence-electron chi connectivity index (χ1n) is 4.86. The normalized spacial score (nSPS) is 11.2. The fourth-order valence-electron chi connectivity index (χ4n) is 1.02. The second-order valence-electron chi connectivity index (χ2n) is 3.94. The van der Waals surface area contributed by atoms with E-state index in [1.54, 1.807) is 24.2 Å². The molecule has 1 aromatic heterocycles. The maximum Gasteiger partial charge on any atom is 0.155 e. The van der Waals surface area contributed by atoms with Crippen molar-refractivity contribution in [2.24, 2.45) is 5.73 Å². The van der Waals surface area contributed by atoms with Gasteiger partial charge in [-0.25, -0.2) is 9.97 Å². The first-order chi connectivity index (χ1) is 7.46. The van der Waals surface area contributed by atoms with Crippen molar-refractivity contribution in [3.63, 3.8) is 0 Å². The molecule has 0 amide bonds. The van der Waals surface area contributed by atoms with Gasteiger partial charge in [-0.2, -0.15) is 11.8 Å². The molecule has 0 saturated carbocycles. The number of nitrogens with two attached hydrogens (primary N) is 1. The van der Waals surface area contributed by atoms with Crippen LogP contribution in [0.25, 0.3) is 0 Å². The van der Waals surface area contributed by atoms with Crippen LogP contribution < -0.4 is 11.1 Å². The summed E-state index contributed by atoms with van der Waals surface area (Å²) < 4.78 is 0.130. The third kappa shape index (κ3) is 3.61. The van der Waals surface area contributed by atoms with Crippen LogP contribution in [0.1, 0.15) is 19.5 Å². The highest BCUT2D eigenvalue weighted by molar-refractivity contribution is 7.99. The third-order valence-electron chi connectivity index (χ3n) is 2.17. The molecular weight excluding hydrogens is 240 g/mol. The molecule has 0 saturated heterocycles. The molecule has 4 nitrogen and oxygen atoms in total. The summed E-state index contributed by atoms with van der Waals surface area (Å²) in [5.41, 5.74) is 6.12. The van der Waals surface area contributed by atoms with Crippen molar-refractivity contribution in [1.82, 2.24) is 9.97 Å². The van der Waals surface area contributed by atoms with Crippen molar-refractivity contribution in [2.75, 3.05) is 18.1 Å². The van der Waals surface area contributed by atoms with Crippen molar-refractivity contribution in [3.05, 3.63) is 18.1 Å². The third-order valence-corrected chi connectivity index (χ3v) is 3.61. The van der Waals surface area contributed by atoms with Gasteiger partial charge in [-0.3, -0.25) is 0 Å². The Kier molecular flexibility index (Phi) is 4.49. The number of anilines is 1. The zero-order chi connectivity index (χ0) is 12.2. The van der Waals surface area contributed by atoms with Gasteiger partial charge < -0.3 is 11.1 Å². The average Bonchev–Trinajstić information content (AvgIpc) is 2.27. The number of thioether (sulfide) groups is 1. The monoisotopic (exact) mass is 256 g/mol. The quantitative estimate of drug-likeness (QED) is 0.781. The first-order valence-corrected chi connectivity index (χ1v) is 6.49. The minimum absolute atomic E-state index is 0.130. The van der Waals surface area contributed by atoms with Gasteiger partial charge in [0, 0.05) is 23.7 Å². The highest BCUT2D eigenvalue weighted by Gasteiger charge is 2.17. The van der Waals surface area contributed by atoms with Gasteiger partial charge in [0.15, 0.2) is 5.82 Å². The van der Waals surface area contributed by atoms with Crippen LogP contribution in [0.15, 0.2) is 12.4 Å². The zero-order valence-electron chi connectivity index (χ0n) is 9.65. The van der Waals surface area contributed by atoms with Gasteiger partial charge in [-0.15, -0.1) is 0 Å². The topological polar surface area (TPSA) is 63.8 Å². The Morgan fingerprint density at radius 2 is 2.12 bits per heavy atom. The van der Waals surface area contributed by atoms with E-state index in [0.717, 1.165) is 6.54 Å². The van der Waals surface area contributed by atoms with E-state index in [1.807, 2.05) is 0 Å². The molecule has 1 aromatic rings. The Bertz CT molecular complexity index is 379. The Labute approximate surface area is 105 Å². The summed E-state index contributed by atoms with van der Waals surface area (Å²) in [6.07, 6.45) is 5.28. The van der Waals surface area contributed by atoms with E-state index in [-0.39, 0.29) is 9.74 Å². The maximum atomic E-state index is 5.57. The summed E-state index contributed by atoms with van der Waals surface area (Å²) in [5.74, 6) is 0.650. The summed E-state index contributed by atoms with van der Waals surface area (Å²) in [6, 6.07) is 0. The van der Waals surface area contributed by atoms with Gasteiger partial charge in [0.2, 0.25) is 0 Å². The van der Waals surface area contributed by atoms with E-state index in [9.17, 15) is 0 Å². The number of rotatable bonds is 5. The molecule has 6 heteroatoms. The average molecular weight is 256 g/mol. The van der Waals surface area contributed by atoms with Gasteiger partial charge in [-0.05, 0) is 20.1 Å². The van der Waals surface area contributed by atoms with Gasteiger partial charge in [0.25, 0.3) is 0 Å². The largest absolute Gasteiger partial charge is 0.388 e. The lowest BCUT2D eigenvalue weighted by molar-refractivity contribution is 0.749. The molecular formula is C10H16N4S2. The fourth-order valence-corrected chi connectivity index (χ4v) is 1.38. The standard InChI is InChI=1S/C10H16N4S2/c1-10(2,16-3)6-14-9-7(8(11)15)12-4-5-13-9/h4-5H,6H2,1-3H3,(H2,11,15)(H,13,14). The Hall–Kier alpha value is -0.880. The van der Waals surface area contributed by atoms with Crippen LogP contribution in [0, 0.1) is 0 Å². The lowest BCUT2D eigenvalue weighted by atomic mass is 10.2. The van der Waals surface area contributed by atoms with E-state index in [1.165, 1.54) is 0 Å². The predicted octanol–water partition coefficient (Wildman–Crippen LogP) is 1.66. The summed E-state index contributed by atoms with van der Waals surface area (Å²) in [6.45, 7) is 5.09. The fraction of sp³-hybridized carbons (Fsp3) is 0.500. The molecule has 0 bridgehead atoms. The number of nitrogens with zero attached hydrogens (tertiary/aromatic N) is 2. The first kappa shape index (κ1) is 13.2. The number of thiocarbonyl (C=S) groups is 1. The minimum atomic E-state index is 0.130. The molecule has 3 N–H and O–H groups in total. The summed E-state index contributed by atoms with van der Waals surface area (Å²) >= 11 is 6.70. The molecule has 0 aliphatic heterocycles. The molecule has 16 heavy (non-hydrogen) atoms. The van der Waals surface area contributed by atoms with Crippen molar-refractivity contribution >= 4 is 34.8 Å². The molecule has 0 spiro atoms. The lowest BCUT2D eigenvalue weighted by Gasteiger charge is -2.22.